The van der Waals surface area contributed by atoms with Crippen LogP contribution in [0.15, 0.2) is 59.4 Å². The number of carbonyl (C=O) groups is 3. The van der Waals surface area contributed by atoms with Crippen LogP contribution in [0.2, 0.25) is 0 Å². The van der Waals surface area contributed by atoms with Crippen molar-refractivity contribution in [1.82, 2.24) is 4.90 Å². The first-order chi connectivity index (χ1) is 23.1. The Morgan fingerprint density at radius 1 is 1.04 bits per heavy atom. The Morgan fingerprint density at radius 2 is 1.67 bits per heavy atom. The molecule has 2 saturated carbocycles. The zero-order valence-electron chi connectivity index (χ0n) is 27.2. The molecule has 13 N–H and O–H groups in total. The van der Waals surface area contributed by atoms with Crippen molar-refractivity contribution in [1.29, 1.82) is 5.26 Å². The van der Waals surface area contributed by atoms with Gasteiger partial charge >= 0.3 is 0 Å². The van der Waals surface area contributed by atoms with Gasteiger partial charge in [-0.25, -0.2) is 0 Å². The number of fused-ring (bicyclic) bond motifs is 3. The lowest BCUT2D eigenvalue weighted by molar-refractivity contribution is -0.153. The molecule has 4 aliphatic rings. The number of phenolic OH excluding ortho intramolecular Hbond substituents is 1. The topological polar surface area (TPSA) is 275 Å². The largest absolute Gasteiger partial charge is 0.509 e. The minimum atomic E-state index is -3.03. The van der Waals surface area contributed by atoms with Gasteiger partial charge in [-0.2, -0.15) is 5.26 Å². The lowest BCUT2D eigenvalue weighted by Gasteiger charge is -2.62. The normalized spacial score (nSPS) is 34.2. The average molecular weight is 672 g/mol. The molecule has 6 atom stereocenters. The number of aliphatic hydroxyl groups excluding tert-OH is 3. The maximum atomic E-state index is 14.7. The van der Waals surface area contributed by atoms with Gasteiger partial charge in [0.25, 0.3) is 5.91 Å². The van der Waals surface area contributed by atoms with Crippen molar-refractivity contribution in [2.45, 2.75) is 67.4 Å². The van der Waals surface area contributed by atoms with Crippen molar-refractivity contribution >= 4 is 28.9 Å². The third-order valence-electron chi connectivity index (χ3n) is 11.1. The molecule has 0 aromatic heterocycles. The van der Waals surface area contributed by atoms with E-state index < -0.39 is 80.6 Å². The number of phenols is 1. The number of hydrogen-bond donors (Lipinski definition) is 9. The summed E-state index contributed by atoms with van der Waals surface area (Å²) in [7, 11) is 2.70. The summed E-state index contributed by atoms with van der Waals surface area (Å²) in [4.78, 5) is 41.9. The molecule has 14 nitrogen and oxygen atoms in total. The summed E-state index contributed by atoms with van der Waals surface area (Å²) in [6.45, 7) is 0. The van der Waals surface area contributed by atoms with Gasteiger partial charge in [0.1, 0.15) is 34.5 Å². The molecule has 2 aromatic carbocycles. The van der Waals surface area contributed by atoms with Crippen LogP contribution in [0.1, 0.15) is 48.4 Å². The molecule has 0 bridgehead atoms. The molecular weight excluding hydrogens is 630 g/mol. The highest BCUT2D eigenvalue weighted by molar-refractivity contribution is 6.26. The fraction of sp³-hybridized carbons (Fsp3) is 0.429. The van der Waals surface area contributed by atoms with Gasteiger partial charge in [0.2, 0.25) is 0 Å². The highest BCUT2D eigenvalue weighted by Crippen LogP contribution is 2.60. The van der Waals surface area contributed by atoms with E-state index in [9.17, 15) is 40.1 Å². The van der Waals surface area contributed by atoms with E-state index in [1.807, 2.05) is 18.2 Å². The Morgan fingerprint density at radius 3 is 2.24 bits per heavy atom. The smallest absolute Gasteiger partial charge is 0.255 e. The Bertz CT molecular complexity index is 1860. The van der Waals surface area contributed by atoms with E-state index >= 15 is 0 Å². The summed E-state index contributed by atoms with van der Waals surface area (Å²) in [6, 6.07) is 11.6. The van der Waals surface area contributed by atoms with E-state index in [1.54, 1.807) is 12.1 Å². The van der Waals surface area contributed by atoms with E-state index in [1.165, 1.54) is 30.6 Å². The van der Waals surface area contributed by atoms with Crippen LogP contribution in [0.4, 0.5) is 5.69 Å². The second-order valence-electron chi connectivity index (χ2n) is 14.0. The molecule has 0 radical (unpaired) electrons. The van der Waals surface area contributed by atoms with Gasteiger partial charge < -0.3 is 48.7 Å². The van der Waals surface area contributed by atoms with E-state index in [0.717, 1.165) is 32.1 Å². The van der Waals surface area contributed by atoms with Crippen molar-refractivity contribution in [3.8, 4) is 11.8 Å². The second kappa shape index (κ2) is 11.7. The van der Waals surface area contributed by atoms with Crippen molar-refractivity contribution in [2.24, 2.45) is 34.3 Å². The molecule has 0 saturated heterocycles. The van der Waals surface area contributed by atoms with Gasteiger partial charge in [-0.3, -0.25) is 19.3 Å². The number of amides is 1. The summed E-state index contributed by atoms with van der Waals surface area (Å²) in [5, 5.41) is 60.8. The quantitative estimate of drug-likeness (QED) is 0.150. The summed E-state index contributed by atoms with van der Waals surface area (Å²) in [6.07, 6.45) is 2.26. The van der Waals surface area contributed by atoms with Crippen LogP contribution in [-0.4, -0.2) is 86.2 Å². The molecule has 2 aromatic rings. The van der Waals surface area contributed by atoms with E-state index in [-0.39, 0.29) is 22.9 Å². The van der Waals surface area contributed by atoms with Crippen LogP contribution in [-0.2, 0) is 20.8 Å². The molecule has 0 aliphatic heterocycles. The first-order valence-electron chi connectivity index (χ1n) is 16.1. The summed E-state index contributed by atoms with van der Waals surface area (Å²) < 4.78 is 0. The Balaban J connectivity index is 1.42. The lowest BCUT2D eigenvalue weighted by atomic mass is 9.45. The molecule has 1 amide bonds. The van der Waals surface area contributed by atoms with Gasteiger partial charge in [-0.1, -0.05) is 36.4 Å². The maximum Gasteiger partial charge on any atom is 0.255 e. The van der Waals surface area contributed by atoms with E-state index in [2.05, 4.69) is 17.4 Å². The Kier molecular flexibility index (Phi) is 8.13. The number of rotatable bonds is 6. The Hall–Kier alpha value is -4.78. The number of anilines is 1. The number of nitrogens with one attached hydrogen (secondary N) is 1. The average Bonchev–Trinajstić information content (AvgIpc) is 3.05. The van der Waals surface area contributed by atoms with Crippen LogP contribution in [0.5, 0.6) is 5.75 Å². The van der Waals surface area contributed by atoms with Gasteiger partial charge in [-0.15, -0.1) is 0 Å². The standard InChI is InChI=1S/C35H41N7O7/c1-42(2)28-26(45)22(31(38)48)29(46)33(15-36)30(47)23-25(44)21-19(27(37)34(23,39)32(49)35(28,33)40)12-13-20(24(21)43)41-18-10-8-17(9-11-18)14-16-6-4-3-5-7-16/h3-7,12-13,17-18,27-28,32,41,43-44,46,49H,8-11,14,37,39-40H2,1-2H3,(H2,38,48)/t17?,18?,27-,28+,32-,33-,34+,35-/m0/s1. The number of hydrogen-bond acceptors (Lipinski definition) is 13. The number of ketones is 2. The van der Waals surface area contributed by atoms with Crippen LogP contribution < -0.4 is 28.3 Å². The number of nitriles is 1. The summed E-state index contributed by atoms with van der Waals surface area (Å²) in [5.74, 6) is -6.22. The minimum Gasteiger partial charge on any atom is -0.509 e. The first kappa shape index (κ1) is 34.1. The number of likely N-dealkylation sites (N-methyl/N-ethyl adjacent to an activating group) is 1. The van der Waals surface area contributed by atoms with E-state index in [0.29, 0.717) is 5.92 Å². The SMILES string of the molecule is CN(C)[C@@H]1C(=O)C(C(N)=O)=C(O)[C@@]2(C#N)C(=O)C3=C(O)c4c(ccc(NC5CCC(Cc6ccccc6)CC5)c4O)[C@H](N)[C@@]3(N)[C@H](O)[C@@]12N. The monoisotopic (exact) mass is 671 g/mol. The van der Waals surface area contributed by atoms with Crippen LogP contribution in [0.3, 0.4) is 0 Å². The van der Waals surface area contributed by atoms with Crippen molar-refractivity contribution < 1.29 is 34.8 Å². The van der Waals surface area contributed by atoms with Crippen molar-refractivity contribution in [3.05, 3.63) is 76.1 Å². The predicted octanol–water partition coefficient (Wildman–Crippen LogP) is 0.547. The fourth-order valence-corrected chi connectivity index (χ4v) is 8.67. The van der Waals surface area contributed by atoms with Crippen molar-refractivity contribution in [2.75, 3.05) is 19.4 Å². The van der Waals surface area contributed by atoms with E-state index in [4.69, 9.17) is 22.9 Å². The van der Waals surface area contributed by atoms with Gasteiger partial charge in [0.15, 0.2) is 17.0 Å². The molecular formula is C35H41N7O7. The second-order valence-corrected chi connectivity index (χ2v) is 14.0. The maximum absolute atomic E-state index is 14.7. The van der Waals surface area contributed by atoms with Gasteiger partial charge in [0, 0.05) is 6.04 Å². The third kappa shape index (κ3) is 4.47. The fourth-order valence-electron chi connectivity index (χ4n) is 8.67. The van der Waals surface area contributed by atoms with Gasteiger partial charge in [-0.05, 0) is 69.3 Å². The lowest BCUT2D eigenvalue weighted by Crippen LogP contribution is -2.87. The highest BCUT2D eigenvalue weighted by atomic mass is 16.3. The number of benzene rings is 2. The summed E-state index contributed by atoms with van der Waals surface area (Å²) >= 11 is 0. The third-order valence-corrected chi connectivity index (χ3v) is 11.1. The molecule has 258 valence electrons. The highest BCUT2D eigenvalue weighted by Gasteiger charge is 2.79. The number of aliphatic hydroxyl groups is 3. The molecule has 6 rings (SSSR count). The van der Waals surface area contributed by atoms with Crippen LogP contribution in [0.25, 0.3) is 5.76 Å². The summed E-state index contributed by atoms with van der Waals surface area (Å²) in [5.41, 5.74) is 16.9. The molecule has 0 unspecified atom stereocenters. The van der Waals surface area contributed by atoms with Gasteiger partial charge in [0.05, 0.1) is 40.5 Å². The number of nitrogens with two attached hydrogens (primary N) is 4. The number of Topliss-reactive ketones (excluding diaryl/α,β-unsaturated/α-hetero) is 2. The molecule has 49 heavy (non-hydrogen) atoms. The van der Waals surface area contributed by atoms with Crippen LogP contribution in [0, 0.1) is 22.7 Å². The Labute approximate surface area is 282 Å². The predicted molar refractivity (Wildman–Crippen MR) is 178 cm³/mol. The van der Waals surface area contributed by atoms with Crippen LogP contribution >= 0.6 is 0 Å². The zero-order chi connectivity index (χ0) is 35.8. The number of nitrogens with zero attached hydrogens (tertiary/aromatic N) is 2. The number of primary amides is 1. The molecule has 2 fully saturated rings. The molecule has 14 heteroatoms. The van der Waals surface area contributed by atoms with Crippen molar-refractivity contribution in [3.63, 3.8) is 0 Å². The minimum absolute atomic E-state index is 0.00784. The number of carbonyl (C=O) groups excluding carboxylic acids is 3. The molecule has 0 heterocycles. The number of aromatic hydroxyl groups is 1. The molecule has 0 spiro atoms. The molecule has 4 aliphatic carbocycles. The first-order valence-corrected chi connectivity index (χ1v) is 16.1. The zero-order valence-corrected chi connectivity index (χ0v) is 27.2.